The lowest BCUT2D eigenvalue weighted by atomic mass is 9.69. The topological polar surface area (TPSA) is 61.5 Å². The molecule has 1 aromatic rings. The summed E-state index contributed by atoms with van der Waals surface area (Å²) in [6, 6.07) is 3.78. The van der Waals surface area contributed by atoms with Crippen LogP contribution >= 0.6 is 0 Å². The maximum Gasteiger partial charge on any atom is 0.171 e. The Morgan fingerprint density at radius 3 is 2.30 bits per heavy atom. The molecule has 0 aromatic heterocycles. The van der Waals surface area contributed by atoms with E-state index in [1.54, 1.807) is 20.3 Å². The van der Waals surface area contributed by atoms with Gasteiger partial charge in [-0.05, 0) is 18.9 Å². The van der Waals surface area contributed by atoms with Gasteiger partial charge in [0.1, 0.15) is 0 Å². The molecule has 20 heavy (non-hydrogen) atoms. The molecule has 4 nitrogen and oxygen atoms in total. The van der Waals surface area contributed by atoms with Crippen LogP contribution < -0.4 is 15.2 Å². The van der Waals surface area contributed by atoms with Crippen LogP contribution in [0.4, 0.5) is 0 Å². The minimum atomic E-state index is -0.0573. The number of methoxy groups -OCH3 is 2. The normalized spacial score (nSPS) is 17.6. The Kier molecular flexibility index (Phi) is 4.65. The molecule has 0 aliphatic heterocycles. The minimum Gasteiger partial charge on any atom is -0.493 e. The van der Waals surface area contributed by atoms with E-state index >= 15 is 0 Å². The number of carbonyl (C=O) groups is 1. The van der Waals surface area contributed by atoms with Gasteiger partial charge in [0.05, 0.1) is 19.8 Å². The highest BCUT2D eigenvalue weighted by Crippen LogP contribution is 2.46. The van der Waals surface area contributed by atoms with Crippen LogP contribution in [0.5, 0.6) is 11.5 Å². The largest absolute Gasteiger partial charge is 0.493 e. The number of hydrogen-bond acceptors (Lipinski definition) is 4. The SMILES string of the molecule is COc1c(C=O)ccc(C2(CN)CCCCC2)c1OC. The Labute approximate surface area is 120 Å². The van der Waals surface area contributed by atoms with Gasteiger partial charge in [0.15, 0.2) is 17.8 Å². The van der Waals surface area contributed by atoms with Crippen LogP contribution in [-0.2, 0) is 5.41 Å². The molecule has 0 radical (unpaired) electrons. The molecule has 0 heterocycles. The molecule has 1 aliphatic carbocycles. The van der Waals surface area contributed by atoms with Crippen molar-refractivity contribution in [2.24, 2.45) is 5.73 Å². The Bertz CT molecular complexity index is 479. The second-order valence-electron chi connectivity index (χ2n) is 5.43. The van der Waals surface area contributed by atoms with Gasteiger partial charge in [0, 0.05) is 17.5 Å². The van der Waals surface area contributed by atoms with E-state index < -0.39 is 0 Å². The Morgan fingerprint density at radius 2 is 1.80 bits per heavy atom. The first-order valence-electron chi connectivity index (χ1n) is 7.13. The number of ether oxygens (including phenoxy) is 2. The summed E-state index contributed by atoms with van der Waals surface area (Å²) in [5.41, 5.74) is 7.62. The van der Waals surface area contributed by atoms with E-state index in [2.05, 4.69) is 0 Å². The molecule has 110 valence electrons. The van der Waals surface area contributed by atoms with Gasteiger partial charge in [-0.2, -0.15) is 0 Å². The van der Waals surface area contributed by atoms with Crippen molar-refractivity contribution in [3.05, 3.63) is 23.3 Å². The van der Waals surface area contributed by atoms with E-state index in [-0.39, 0.29) is 5.41 Å². The smallest absolute Gasteiger partial charge is 0.171 e. The Balaban J connectivity index is 2.57. The highest BCUT2D eigenvalue weighted by molar-refractivity contribution is 5.82. The maximum absolute atomic E-state index is 11.1. The van der Waals surface area contributed by atoms with Crippen molar-refractivity contribution >= 4 is 6.29 Å². The number of nitrogens with two attached hydrogens (primary N) is 1. The molecule has 1 fully saturated rings. The van der Waals surface area contributed by atoms with Gasteiger partial charge in [0.2, 0.25) is 0 Å². The van der Waals surface area contributed by atoms with Crippen molar-refractivity contribution in [1.29, 1.82) is 0 Å². The summed E-state index contributed by atoms with van der Waals surface area (Å²) in [7, 11) is 3.17. The summed E-state index contributed by atoms with van der Waals surface area (Å²) in [5, 5.41) is 0. The quantitative estimate of drug-likeness (QED) is 0.841. The van der Waals surface area contributed by atoms with E-state index in [4.69, 9.17) is 15.2 Å². The molecular weight excluding hydrogens is 254 g/mol. The molecule has 4 heteroatoms. The summed E-state index contributed by atoms with van der Waals surface area (Å²) >= 11 is 0. The molecule has 1 aliphatic rings. The molecular formula is C16H23NO3. The molecule has 0 bridgehead atoms. The highest BCUT2D eigenvalue weighted by Gasteiger charge is 2.36. The standard InChI is InChI=1S/C16H23NO3/c1-19-14-12(10-18)6-7-13(15(14)20-2)16(11-17)8-4-3-5-9-16/h6-7,10H,3-5,8-9,11,17H2,1-2H3. The third-order valence-electron chi connectivity index (χ3n) is 4.45. The predicted molar refractivity (Wildman–Crippen MR) is 78.8 cm³/mol. The second-order valence-corrected chi connectivity index (χ2v) is 5.43. The molecule has 0 unspecified atom stereocenters. The molecule has 1 saturated carbocycles. The first kappa shape index (κ1) is 14.9. The lowest BCUT2D eigenvalue weighted by Crippen LogP contribution is -2.37. The average molecular weight is 277 g/mol. The van der Waals surface area contributed by atoms with Crippen LogP contribution in [0.25, 0.3) is 0 Å². The Hall–Kier alpha value is -1.55. The van der Waals surface area contributed by atoms with Crippen LogP contribution in [0.15, 0.2) is 12.1 Å². The van der Waals surface area contributed by atoms with E-state index in [1.807, 2.05) is 6.07 Å². The van der Waals surface area contributed by atoms with Crippen LogP contribution in [0.3, 0.4) is 0 Å². The number of rotatable bonds is 5. The van der Waals surface area contributed by atoms with Crippen molar-refractivity contribution in [2.45, 2.75) is 37.5 Å². The molecule has 2 rings (SSSR count). The monoisotopic (exact) mass is 277 g/mol. The van der Waals surface area contributed by atoms with E-state index in [1.165, 1.54) is 19.3 Å². The van der Waals surface area contributed by atoms with Crippen molar-refractivity contribution in [3.63, 3.8) is 0 Å². The summed E-state index contributed by atoms with van der Waals surface area (Å²) in [4.78, 5) is 11.1. The van der Waals surface area contributed by atoms with Crippen molar-refractivity contribution < 1.29 is 14.3 Å². The van der Waals surface area contributed by atoms with E-state index in [0.717, 1.165) is 24.7 Å². The summed E-state index contributed by atoms with van der Waals surface area (Å²) < 4.78 is 10.9. The Morgan fingerprint density at radius 1 is 1.15 bits per heavy atom. The zero-order valence-electron chi connectivity index (χ0n) is 12.3. The molecule has 0 spiro atoms. The van der Waals surface area contributed by atoms with Crippen LogP contribution in [0, 0.1) is 0 Å². The van der Waals surface area contributed by atoms with E-state index in [0.29, 0.717) is 23.6 Å². The van der Waals surface area contributed by atoms with Gasteiger partial charge in [0.25, 0.3) is 0 Å². The van der Waals surface area contributed by atoms with Crippen LogP contribution in [0.2, 0.25) is 0 Å². The number of aldehydes is 1. The lowest BCUT2D eigenvalue weighted by molar-refractivity contribution is 0.111. The fourth-order valence-electron chi connectivity index (χ4n) is 3.31. The summed E-state index contributed by atoms with van der Waals surface area (Å²) in [5.74, 6) is 1.17. The summed E-state index contributed by atoms with van der Waals surface area (Å²) in [6.45, 7) is 0.590. The van der Waals surface area contributed by atoms with Crippen molar-refractivity contribution in [3.8, 4) is 11.5 Å². The lowest BCUT2D eigenvalue weighted by Gasteiger charge is -2.38. The highest BCUT2D eigenvalue weighted by atomic mass is 16.5. The number of carbonyl (C=O) groups excluding carboxylic acids is 1. The van der Waals surface area contributed by atoms with Gasteiger partial charge in [-0.25, -0.2) is 0 Å². The van der Waals surface area contributed by atoms with Gasteiger partial charge >= 0.3 is 0 Å². The zero-order valence-corrected chi connectivity index (χ0v) is 12.3. The van der Waals surface area contributed by atoms with Gasteiger partial charge in [-0.3, -0.25) is 4.79 Å². The van der Waals surface area contributed by atoms with Crippen LogP contribution in [-0.4, -0.2) is 27.1 Å². The fraction of sp³-hybridized carbons (Fsp3) is 0.562. The fourth-order valence-corrected chi connectivity index (χ4v) is 3.31. The van der Waals surface area contributed by atoms with Crippen molar-refractivity contribution in [2.75, 3.05) is 20.8 Å². The number of benzene rings is 1. The minimum absolute atomic E-state index is 0.0573. The van der Waals surface area contributed by atoms with E-state index in [9.17, 15) is 4.79 Å². The first-order valence-corrected chi connectivity index (χ1v) is 7.13. The molecule has 1 aromatic carbocycles. The summed E-state index contributed by atoms with van der Waals surface area (Å²) in [6.07, 6.45) is 6.53. The van der Waals surface area contributed by atoms with Gasteiger partial charge in [-0.1, -0.05) is 25.3 Å². The average Bonchev–Trinajstić information content (AvgIpc) is 2.53. The molecule has 0 amide bonds. The third-order valence-corrected chi connectivity index (χ3v) is 4.45. The molecule has 2 N–H and O–H groups in total. The number of hydrogen-bond donors (Lipinski definition) is 1. The van der Waals surface area contributed by atoms with Crippen molar-refractivity contribution in [1.82, 2.24) is 0 Å². The molecule has 0 atom stereocenters. The second kappa shape index (κ2) is 6.27. The van der Waals surface area contributed by atoms with Crippen LogP contribution in [0.1, 0.15) is 48.0 Å². The molecule has 0 saturated heterocycles. The maximum atomic E-state index is 11.1. The van der Waals surface area contributed by atoms with Gasteiger partial charge in [-0.15, -0.1) is 0 Å². The zero-order chi connectivity index (χ0) is 14.6. The van der Waals surface area contributed by atoms with Gasteiger partial charge < -0.3 is 15.2 Å². The first-order chi connectivity index (χ1) is 9.72. The predicted octanol–water partition coefficient (Wildman–Crippen LogP) is 2.68. The third kappa shape index (κ3) is 2.40.